The van der Waals surface area contributed by atoms with Crippen molar-refractivity contribution in [1.29, 1.82) is 5.26 Å². The van der Waals surface area contributed by atoms with Gasteiger partial charge in [-0.25, -0.2) is 0 Å². The molecule has 8 nitrogen and oxygen atoms in total. The summed E-state index contributed by atoms with van der Waals surface area (Å²) in [5, 5.41) is 17.8. The monoisotopic (exact) mass is 376 g/mol. The predicted molar refractivity (Wildman–Crippen MR) is 102 cm³/mol. The van der Waals surface area contributed by atoms with Gasteiger partial charge in [-0.2, -0.15) is 5.26 Å². The van der Waals surface area contributed by atoms with Crippen molar-refractivity contribution in [3.63, 3.8) is 0 Å². The summed E-state index contributed by atoms with van der Waals surface area (Å²) in [4.78, 5) is 13.9. The zero-order valence-corrected chi connectivity index (χ0v) is 15.5. The molecule has 1 atom stereocenters. The molecular formula is C20H20N6O2. The van der Waals surface area contributed by atoms with Crippen molar-refractivity contribution in [1.82, 2.24) is 14.8 Å². The van der Waals surface area contributed by atoms with Crippen LogP contribution in [0.3, 0.4) is 0 Å². The van der Waals surface area contributed by atoms with Gasteiger partial charge >= 0.3 is 0 Å². The van der Waals surface area contributed by atoms with E-state index in [-0.39, 0.29) is 5.91 Å². The highest BCUT2D eigenvalue weighted by Gasteiger charge is 2.40. The Morgan fingerprint density at radius 3 is 2.71 bits per heavy atom. The minimum atomic E-state index is -0.587. The fourth-order valence-corrected chi connectivity index (χ4v) is 3.47. The molecule has 1 fully saturated rings. The molecule has 28 heavy (non-hydrogen) atoms. The van der Waals surface area contributed by atoms with E-state index in [2.05, 4.69) is 16.3 Å². The number of nitrogens with two attached hydrogens (primary N) is 1. The summed E-state index contributed by atoms with van der Waals surface area (Å²) in [6, 6.07) is 13.0. The van der Waals surface area contributed by atoms with Crippen molar-refractivity contribution >= 4 is 11.9 Å². The quantitative estimate of drug-likeness (QED) is 0.730. The number of furan rings is 1. The van der Waals surface area contributed by atoms with Gasteiger partial charge in [0.2, 0.25) is 11.9 Å². The van der Waals surface area contributed by atoms with Crippen molar-refractivity contribution < 1.29 is 9.21 Å². The molecular weight excluding hydrogens is 356 g/mol. The van der Waals surface area contributed by atoms with Crippen LogP contribution in [0.25, 0.3) is 11.4 Å². The molecule has 0 aliphatic carbocycles. The van der Waals surface area contributed by atoms with Gasteiger partial charge in [-0.05, 0) is 49.7 Å². The Bertz CT molecular complexity index is 1030. The lowest BCUT2D eigenvalue weighted by Crippen LogP contribution is -2.37. The Kier molecular flexibility index (Phi) is 4.35. The maximum atomic E-state index is 11.8. The molecule has 0 bridgehead atoms. The zero-order chi connectivity index (χ0) is 19.7. The smallest absolute Gasteiger partial charge is 0.227 e. The number of primary amides is 1. The number of aromatic nitrogens is 3. The number of carbonyl (C=O) groups is 1. The highest BCUT2D eigenvalue weighted by Crippen LogP contribution is 2.34. The minimum Gasteiger partial charge on any atom is -0.467 e. The van der Waals surface area contributed by atoms with Crippen LogP contribution in [0.5, 0.6) is 0 Å². The third kappa shape index (κ3) is 3.11. The van der Waals surface area contributed by atoms with Crippen LogP contribution in [-0.4, -0.2) is 33.8 Å². The fourth-order valence-electron chi connectivity index (χ4n) is 3.47. The van der Waals surface area contributed by atoms with Gasteiger partial charge in [0.15, 0.2) is 5.82 Å². The first-order valence-electron chi connectivity index (χ1n) is 9.01. The van der Waals surface area contributed by atoms with Crippen molar-refractivity contribution in [3.8, 4) is 17.5 Å². The van der Waals surface area contributed by atoms with Crippen LogP contribution in [0, 0.1) is 16.7 Å². The van der Waals surface area contributed by atoms with E-state index in [4.69, 9.17) is 15.4 Å². The molecule has 0 unspecified atom stereocenters. The van der Waals surface area contributed by atoms with Crippen molar-refractivity contribution in [2.75, 3.05) is 18.0 Å². The largest absolute Gasteiger partial charge is 0.467 e. The SMILES string of the molecule is C[C@]1(C(N)=O)CCN(c2nnc(-c3ccc(C#N)cc3)n2Cc2ccco2)C1. The van der Waals surface area contributed by atoms with Gasteiger partial charge in [0.05, 0.1) is 29.9 Å². The lowest BCUT2D eigenvalue weighted by molar-refractivity contribution is -0.125. The maximum Gasteiger partial charge on any atom is 0.227 e. The van der Waals surface area contributed by atoms with Crippen LogP contribution in [0.1, 0.15) is 24.7 Å². The second kappa shape index (κ2) is 6.85. The molecule has 1 amide bonds. The van der Waals surface area contributed by atoms with Crippen molar-refractivity contribution in [3.05, 3.63) is 54.0 Å². The van der Waals surface area contributed by atoms with Crippen LogP contribution in [0.4, 0.5) is 5.95 Å². The average molecular weight is 376 g/mol. The van der Waals surface area contributed by atoms with E-state index in [1.807, 2.05) is 40.7 Å². The molecule has 1 aliphatic rings. The van der Waals surface area contributed by atoms with E-state index in [1.54, 1.807) is 18.4 Å². The van der Waals surface area contributed by atoms with E-state index in [0.29, 0.717) is 43.4 Å². The summed E-state index contributed by atoms with van der Waals surface area (Å²) in [6.45, 7) is 3.49. The molecule has 1 saturated heterocycles. The highest BCUT2D eigenvalue weighted by molar-refractivity contribution is 5.82. The first-order valence-corrected chi connectivity index (χ1v) is 9.01. The number of nitriles is 1. The summed E-state index contributed by atoms with van der Waals surface area (Å²) in [6.07, 6.45) is 2.29. The van der Waals surface area contributed by atoms with E-state index < -0.39 is 5.41 Å². The molecule has 142 valence electrons. The maximum absolute atomic E-state index is 11.8. The molecule has 1 aliphatic heterocycles. The molecule has 0 spiro atoms. The van der Waals surface area contributed by atoms with Crippen LogP contribution in [0.2, 0.25) is 0 Å². The number of amides is 1. The summed E-state index contributed by atoms with van der Waals surface area (Å²) in [5.74, 6) is 1.80. The average Bonchev–Trinajstić information content (AvgIpc) is 3.43. The van der Waals surface area contributed by atoms with Crippen molar-refractivity contribution in [2.45, 2.75) is 19.9 Å². The lowest BCUT2D eigenvalue weighted by Gasteiger charge is -2.22. The Morgan fingerprint density at radius 1 is 1.32 bits per heavy atom. The summed E-state index contributed by atoms with van der Waals surface area (Å²) >= 11 is 0. The molecule has 2 N–H and O–H groups in total. The van der Waals surface area contributed by atoms with Crippen LogP contribution >= 0.6 is 0 Å². The molecule has 3 aromatic rings. The summed E-state index contributed by atoms with van der Waals surface area (Å²) < 4.78 is 7.48. The normalized spacial score (nSPS) is 18.9. The van der Waals surface area contributed by atoms with Crippen molar-refractivity contribution in [2.24, 2.45) is 11.1 Å². The minimum absolute atomic E-state index is 0.306. The van der Waals surface area contributed by atoms with Crippen LogP contribution in [-0.2, 0) is 11.3 Å². The number of hydrogen-bond acceptors (Lipinski definition) is 6. The van der Waals surface area contributed by atoms with Crippen LogP contribution in [0.15, 0.2) is 47.1 Å². The molecule has 2 aromatic heterocycles. The Labute approximate surface area is 162 Å². The van der Waals surface area contributed by atoms with E-state index in [0.717, 1.165) is 11.3 Å². The number of rotatable bonds is 5. The fraction of sp³-hybridized carbons (Fsp3) is 0.300. The van der Waals surface area contributed by atoms with Gasteiger partial charge < -0.3 is 15.1 Å². The van der Waals surface area contributed by atoms with Gasteiger partial charge in [0, 0.05) is 18.7 Å². The molecule has 4 rings (SSSR count). The molecule has 1 aromatic carbocycles. The standard InChI is InChI=1S/C20H20N6O2/c1-20(18(22)27)8-9-25(13-20)19-24-23-17(15-6-4-14(11-21)5-7-15)26(19)12-16-3-2-10-28-16/h2-7,10H,8-9,12-13H2,1H3,(H2,22,27)/t20-/m0/s1. The highest BCUT2D eigenvalue weighted by atomic mass is 16.3. The Hall–Kier alpha value is -3.60. The number of nitrogens with zero attached hydrogens (tertiary/aromatic N) is 5. The molecule has 3 heterocycles. The second-order valence-electron chi connectivity index (χ2n) is 7.27. The first kappa shape index (κ1) is 17.8. The van der Waals surface area contributed by atoms with Gasteiger partial charge in [-0.1, -0.05) is 0 Å². The zero-order valence-electron chi connectivity index (χ0n) is 15.5. The van der Waals surface area contributed by atoms with E-state index in [9.17, 15) is 4.79 Å². The second-order valence-corrected chi connectivity index (χ2v) is 7.27. The molecule has 0 saturated carbocycles. The topological polar surface area (TPSA) is 114 Å². The van der Waals surface area contributed by atoms with Gasteiger partial charge in [-0.15, -0.1) is 10.2 Å². The molecule has 8 heteroatoms. The van der Waals surface area contributed by atoms with Gasteiger partial charge in [0.1, 0.15) is 5.76 Å². The predicted octanol–water partition coefficient (Wildman–Crippen LogP) is 2.16. The van der Waals surface area contributed by atoms with Gasteiger partial charge in [-0.3, -0.25) is 9.36 Å². The summed E-state index contributed by atoms with van der Waals surface area (Å²) in [5.41, 5.74) is 6.44. The summed E-state index contributed by atoms with van der Waals surface area (Å²) in [7, 11) is 0. The van der Waals surface area contributed by atoms with E-state index in [1.165, 1.54) is 0 Å². The number of benzene rings is 1. The first-order chi connectivity index (χ1) is 13.5. The number of carbonyl (C=O) groups excluding carboxylic acids is 1. The Morgan fingerprint density at radius 2 is 2.11 bits per heavy atom. The Balaban J connectivity index is 1.73. The third-order valence-electron chi connectivity index (χ3n) is 5.25. The number of hydrogen-bond donors (Lipinski definition) is 1. The van der Waals surface area contributed by atoms with Gasteiger partial charge in [0.25, 0.3) is 0 Å². The number of anilines is 1. The van der Waals surface area contributed by atoms with E-state index >= 15 is 0 Å². The van der Waals surface area contributed by atoms with Crippen LogP contribution < -0.4 is 10.6 Å². The lowest BCUT2D eigenvalue weighted by atomic mass is 9.89. The third-order valence-corrected chi connectivity index (χ3v) is 5.25. The molecule has 0 radical (unpaired) electrons.